The lowest BCUT2D eigenvalue weighted by Gasteiger charge is -2.16. The van der Waals surface area contributed by atoms with Crippen molar-refractivity contribution in [1.82, 2.24) is 9.78 Å². The van der Waals surface area contributed by atoms with E-state index in [0.717, 1.165) is 47.1 Å². The van der Waals surface area contributed by atoms with Crippen LogP contribution in [0.2, 0.25) is 0 Å². The Labute approximate surface area is 176 Å². The molecule has 0 aliphatic heterocycles. The Morgan fingerprint density at radius 2 is 1.62 bits per heavy atom. The number of carbonyl (C=O) groups is 1. The van der Waals surface area contributed by atoms with Crippen molar-refractivity contribution in [2.75, 3.05) is 5.32 Å². The molecule has 1 heterocycles. The number of aromatic nitrogens is 2. The number of ether oxygens (including phenoxy) is 1. The molecule has 0 saturated heterocycles. The number of halogens is 6. The van der Waals surface area contributed by atoms with Crippen molar-refractivity contribution < 1.29 is 35.9 Å². The smallest absolute Gasteiger partial charge is 0.406 e. The van der Waals surface area contributed by atoms with Crippen LogP contribution in [0.3, 0.4) is 0 Å². The maximum Gasteiger partial charge on any atom is 0.573 e. The summed E-state index contributed by atoms with van der Waals surface area (Å²) in [6.07, 6.45) is -9.61. The van der Waals surface area contributed by atoms with E-state index < -0.39 is 40.9 Å². The normalized spacial score (nSPS) is 11.8. The summed E-state index contributed by atoms with van der Waals surface area (Å²) in [5, 5.41) is 6.06. The molecule has 0 atom stereocenters. The second-order valence-corrected chi connectivity index (χ2v) is 6.45. The van der Waals surface area contributed by atoms with Crippen LogP contribution in [0.4, 0.5) is 32.0 Å². The van der Waals surface area contributed by atoms with E-state index in [1.54, 1.807) is 0 Å². The summed E-state index contributed by atoms with van der Waals surface area (Å²) in [5.41, 5.74) is -2.91. The first kappa shape index (κ1) is 22.8. The van der Waals surface area contributed by atoms with Crippen LogP contribution in [0.15, 0.2) is 59.4 Å². The highest BCUT2D eigenvalue weighted by Gasteiger charge is 2.34. The monoisotopic (exact) mass is 457 g/mol. The molecule has 0 spiro atoms. The zero-order valence-corrected chi connectivity index (χ0v) is 16.1. The largest absolute Gasteiger partial charge is 0.573 e. The maximum atomic E-state index is 13.4. The van der Waals surface area contributed by atoms with Crippen LogP contribution >= 0.6 is 0 Å². The Kier molecular flexibility index (Phi) is 5.97. The van der Waals surface area contributed by atoms with Crippen LogP contribution in [-0.2, 0) is 6.18 Å². The van der Waals surface area contributed by atoms with Gasteiger partial charge in [-0.25, -0.2) is 4.68 Å². The molecule has 1 N–H and O–H groups in total. The Hall–Kier alpha value is -3.83. The molecule has 3 rings (SSSR count). The molecule has 0 aliphatic rings. The van der Waals surface area contributed by atoms with Gasteiger partial charge in [-0.3, -0.25) is 9.59 Å². The minimum absolute atomic E-state index is 0.00791. The van der Waals surface area contributed by atoms with Crippen molar-refractivity contribution in [1.29, 1.82) is 0 Å². The summed E-state index contributed by atoms with van der Waals surface area (Å²) in [6.45, 7) is 1.35. The van der Waals surface area contributed by atoms with Crippen molar-refractivity contribution in [2.24, 2.45) is 0 Å². The molecule has 0 saturated carbocycles. The molecule has 2 aromatic carbocycles. The van der Waals surface area contributed by atoms with Gasteiger partial charge >= 0.3 is 12.5 Å². The van der Waals surface area contributed by atoms with E-state index >= 15 is 0 Å². The number of nitrogens with one attached hydrogen (secondary N) is 1. The average molecular weight is 457 g/mol. The highest BCUT2D eigenvalue weighted by atomic mass is 19.4. The number of amides is 1. The molecule has 0 unspecified atom stereocenters. The van der Waals surface area contributed by atoms with Gasteiger partial charge in [-0.15, -0.1) is 13.2 Å². The van der Waals surface area contributed by atoms with E-state index in [-0.39, 0.29) is 17.1 Å². The third-order valence-corrected chi connectivity index (χ3v) is 4.11. The van der Waals surface area contributed by atoms with Gasteiger partial charge in [0.15, 0.2) is 5.69 Å². The van der Waals surface area contributed by atoms with E-state index in [0.29, 0.717) is 0 Å². The number of para-hydroxylation sites is 1. The Balaban J connectivity index is 1.93. The van der Waals surface area contributed by atoms with Gasteiger partial charge in [0.25, 0.3) is 5.91 Å². The number of benzene rings is 2. The highest BCUT2D eigenvalue weighted by molar-refractivity contribution is 6.02. The average Bonchev–Trinajstić information content (AvgIpc) is 2.68. The van der Waals surface area contributed by atoms with Gasteiger partial charge in [0, 0.05) is 17.4 Å². The van der Waals surface area contributed by atoms with Crippen LogP contribution in [0, 0.1) is 6.92 Å². The van der Waals surface area contributed by atoms with Crippen molar-refractivity contribution in [3.63, 3.8) is 0 Å². The molecular weight excluding hydrogens is 444 g/mol. The number of anilines is 1. The third-order valence-electron chi connectivity index (χ3n) is 4.11. The molecule has 12 heteroatoms. The molecule has 168 valence electrons. The van der Waals surface area contributed by atoms with Gasteiger partial charge in [-0.2, -0.15) is 18.3 Å². The number of carbonyl (C=O) groups excluding carboxylic acids is 1. The fourth-order valence-electron chi connectivity index (χ4n) is 2.78. The molecule has 6 nitrogen and oxygen atoms in total. The van der Waals surface area contributed by atoms with E-state index in [1.165, 1.54) is 19.1 Å². The lowest BCUT2D eigenvalue weighted by molar-refractivity contribution is -0.274. The Morgan fingerprint density at radius 3 is 2.22 bits per heavy atom. The van der Waals surface area contributed by atoms with E-state index in [2.05, 4.69) is 15.2 Å². The van der Waals surface area contributed by atoms with E-state index in [4.69, 9.17) is 0 Å². The summed E-state index contributed by atoms with van der Waals surface area (Å²) in [6, 6.07) is 9.49. The highest BCUT2D eigenvalue weighted by Crippen LogP contribution is 2.33. The predicted octanol–water partition coefficient (Wildman–Crippen LogP) is 4.71. The lowest BCUT2D eigenvalue weighted by atomic mass is 10.1. The van der Waals surface area contributed by atoms with Crippen LogP contribution in [0.5, 0.6) is 5.75 Å². The third kappa shape index (κ3) is 5.25. The zero-order chi connectivity index (χ0) is 23.7. The molecule has 0 aliphatic carbocycles. The summed E-state index contributed by atoms with van der Waals surface area (Å²) in [7, 11) is 0. The van der Waals surface area contributed by atoms with E-state index in [1.807, 2.05) is 0 Å². The first-order valence-electron chi connectivity index (χ1n) is 8.80. The summed E-state index contributed by atoms with van der Waals surface area (Å²) in [4.78, 5) is 24.7. The van der Waals surface area contributed by atoms with Crippen LogP contribution in [0.1, 0.15) is 21.7 Å². The van der Waals surface area contributed by atoms with Crippen molar-refractivity contribution in [3.8, 4) is 11.4 Å². The second-order valence-electron chi connectivity index (χ2n) is 6.45. The number of rotatable bonds is 4. The molecule has 0 radical (unpaired) electrons. The van der Waals surface area contributed by atoms with Gasteiger partial charge in [-0.05, 0) is 43.3 Å². The molecule has 0 bridgehead atoms. The van der Waals surface area contributed by atoms with Crippen LogP contribution in [-0.4, -0.2) is 22.1 Å². The van der Waals surface area contributed by atoms with Gasteiger partial charge in [0.2, 0.25) is 5.43 Å². The number of hydrogen-bond acceptors (Lipinski definition) is 4. The van der Waals surface area contributed by atoms with Crippen molar-refractivity contribution in [2.45, 2.75) is 19.5 Å². The molecule has 1 amide bonds. The molecule has 0 fully saturated rings. The first-order valence-corrected chi connectivity index (χ1v) is 8.80. The van der Waals surface area contributed by atoms with Crippen molar-refractivity contribution >= 4 is 11.6 Å². The Morgan fingerprint density at radius 1 is 1.00 bits per heavy atom. The van der Waals surface area contributed by atoms with Gasteiger partial charge in [0.1, 0.15) is 5.75 Å². The minimum Gasteiger partial charge on any atom is -0.406 e. The Bertz CT molecular complexity index is 1200. The van der Waals surface area contributed by atoms with E-state index in [9.17, 15) is 35.9 Å². The first-order chi connectivity index (χ1) is 14.8. The molecule has 3 aromatic rings. The zero-order valence-electron chi connectivity index (χ0n) is 16.1. The molecule has 1 aromatic heterocycles. The summed E-state index contributed by atoms with van der Waals surface area (Å²) in [5.74, 6) is -1.59. The molecule has 32 heavy (non-hydrogen) atoms. The summed E-state index contributed by atoms with van der Waals surface area (Å²) < 4.78 is 81.3. The van der Waals surface area contributed by atoms with Gasteiger partial charge in [0.05, 0.1) is 11.3 Å². The predicted molar refractivity (Wildman–Crippen MR) is 101 cm³/mol. The minimum atomic E-state index is -4.89. The van der Waals surface area contributed by atoms with Gasteiger partial charge < -0.3 is 10.1 Å². The topological polar surface area (TPSA) is 73.2 Å². The number of alkyl halides is 6. The number of aryl methyl sites for hydroxylation is 1. The lowest BCUT2D eigenvalue weighted by Crippen LogP contribution is -2.27. The molecular formula is C20H13F6N3O3. The quantitative estimate of drug-likeness (QED) is 0.576. The standard InChI is InChI=1S/C20H13F6N3O3/c1-11-10-16(30)17(28-29(11)15-5-3-2-4-14(15)19(21,22)23)18(31)27-12-6-8-13(9-7-12)32-20(24,25)26/h2-10H,1H3,(H,27,31). The second kappa shape index (κ2) is 8.36. The summed E-state index contributed by atoms with van der Waals surface area (Å²) >= 11 is 0. The maximum absolute atomic E-state index is 13.4. The van der Waals surface area contributed by atoms with Crippen LogP contribution < -0.4 is 15.5 Å². The van der Waals surface area contributed by atoms with Gasteiger partial charge in [-0.1, -0.05) is 12.1 Å². The fraction of sp³-hybridized carbons (Fsp3) is 0.150. The van der Waals surface area contributed by atoms with Crippen LogP contribution in [0.25, 0.3) is 5.69 Å². The SMILES string of the molecule is Cc1cc(=O)c(C(=O)Nc2ccc(OC(F)(F)F)cc2)nn1-c1ccccc1C(F)(F)F. The number of hydrogen-bond donors (Lipinski definition) is 1. The number of nitrogens with zero attached hydrogens (tertiary/aromatic N) is 2. The fourth-order valence-corrected chi connectivity index (χ4v) is 2.78. The van der Waals surface area contributed by atoms with Crippen molar-refractivity contribution in [3.05, 3.63) is 81.8 Å².